The zero-order valence-electron chi connectivity index (χ0n) is 5.43. The van der Waals surface area contributed by atoms with E-state index in [-0.39, 0.29) is 10.2 Å². The van der Waals surface area contributed by atoms with Gasteiger partial charge in [-0.3, -0.25) is 10.1 Å². The monoisotopic (exact) mass is 159 g/mol. The smallest absolute Gasteiger partial charge is 0.228 e. The molecule has 0 radical (unpaired) electrons. The maximum Gasteiger partial charge on any atom is 0.228 e. The van der Waals surface area contributed by atoms with Crippen LogP contribution in [-0.2, 0) is 0 Å². The van der Waals surface area contributed by atoms with E-state index < -0.39 is 6.04 Å². The fourth-order valence-electron chi connectivity index (χ4n) is 1.01. The number of hydrogen-bond acceptors (Lipinski definition) is 3. The zero-order chi connectivity index (χ0) is 7.56. The molecule has 0 bridgehead atoms. The normalized spacial score (nSPS) is 32.1. The van der Waals surface area contributed by atoms with Crippen molar-refractivity contribution in [3.8, 4) is 0 Å². The average molecular weight is 159 g/mol. The van der Waals surface area contributed by atoms with Crippen LogP contribution in [0.3, 0.4) is 0 Å². The molecule has 0 saturated carbocycles. The first-order valence-corrected chi connectivity index (χ1v) is 3.70. The summed E-state index contributed by atoms with van der Waals surface area (Å²) >= 11 is 4.10. The van der Waals surface area contributed by atoms with Crippen LogP contribution in [0, 0.1) is 10.1 Å². The van der Waals surface area contributed by atoms with Crippen LogP contribution < -0.4 is 0 Å². The highest BCUT2D eigenvalue weighted by molar-refractivity contribution is 7.81. The summed E-state index contributed by atoms with van der Waals surface area (Å²) in [6, 6.07) is -0.478. The van der Waals surface area contributed by atoms with Gasteiger partial charge in [-0.05, 0) is 6.42 Å². The summed E-state index contributed by atoms with van der Waals surface area (Å²) in [6.07, 6.45) is 5.04. The van der Waals surface area contributed by atoms with E-state index in [2.05, 4.69) is 12.6 Å². The van der Waals surface area contributed by atoms with Gasteiger partial charge in [0.15, 0.2) is 0 Å². The molecule has 0 aromatic rings. The Kier molecular flexibility index (Phi) is 2.32. The maximum atomic E-state index is 10.3. The van der Waals surface area contributed by atoms with Crippen molar-refractivity contribution in [1.29, 1.82) is 0 Å². The van der Waals surface area contributed by atoms with Gasteiger partial charge in [-0.2, -0.15) is 12.6 Å². The molecule has 3 nitrogen and oxygen atoms in total. The summed E-state index contributed by atoms with van der Waals surface area (Å²) in [5.74, 6) is 0. The molecule has 10 heavy (non-hydrogen) atoms. The van der Waals surface area contributed by atoms with E-state index in [0.29, 0.717) is 6.42 Å². The molecule has 56 valence electrons. The standard InChI is InChI=1S/C6H9NO2S/c8-7(9)5-3-1-2-4-6(5)10/h1-2,5-6,10H,3-4H2. The van der Waals surface area contributed by atoms with Crippen LogP contribution in [0.5, 0.6) is 0 Å². The van der Waals surface area contributed by atoms with Gasteiger partial charge in [0.25, 0.3) is 0 Å². The van der Waals surface area contributed by atoms with Crippen molar-refractivity contribution in [2.24, 2.45) is 0 Å². The van der Waals surface area contributed by atoms with E-state index in [4.69, 9.17) is 0 Å². The Morgan fingerprint density at radius 3 is 2.50 bits per heavy atom. The minimum atomic E-state index is -0.478. The zero-order valence-corrected chi connectivity index (χ0v) is 6.33. The summed E-state index contributed by atoms with van der Waals surface area (Å²) in [5.41, 5.74) is 0. The summed E-state index contributed by atoms with van der Waals surface area (Å²) in [5, 5.41) is 10.2. The third-order valence-corrected chi connectivity index (χ3v) is 2.19. The molecule has 0 heterocycles. The highest BCUT2D eigenvalue weighted by Crippen LogP contribution is 2.19. The number of nitrogens with zero attached hydrogens (tertiary/aromatic N) is 1. The molecule has 0 aromatic heterocycles. The molecule has 2 unspecified atom stereocenters. The Labute approximate surface area is 64.7 Å². The van der Waals surface area contributed by atoms with Gasteiger partial charge in [0.05, 0.1) is 5.25 Å². The fraction of sp³-hybridized carbons (Fsp3) is 0.667. The third kappa shape index (κ3) is 1.50. The summed E-state index contributed by atoms with van der Waals surface area (Å²) in [6.45, 7) is 0. The van der Waals surface area contributed by atoms with Crippen LogP contribution in [0.4, 0.5) is 0 Å². The van der Waals surface area contributed by atoms with Gasteiger partial charge in [-0.15, -0.1) is 0 Å². The number of allylic oxidation sites excluding steroid dienone is 1. The molecule has 0 N–H and O–H groups in total. The fourth-order valence-corrected chi connectivity index (χ4v) is 1.36. The van der Waals surface area contributed by atoms with Gasteiger partial charge in [0.2, 0.25) is 6.04 Å². The first-order valence-electron chi connectivity index (χ1n) is 3.18. The lowest BCUT2D eigenvalue weighted by Gasteiger charge is -2.16. The summed E-state index contributed by atoms with van der Waals surface area (Å²) in [7, 11) is 0. The second-order valence-corrected chi connectivity index (χ2v) is 3.03. The largest absolute Gasteiger partial charge is 0.264 e. The highest BCUT2D eigenvalue weighted by Gasteiger charge is 2.28. The van der Waals surface area contributed by atoms with Crippen molar-refractivity contribution >= 4 is 12.6 Å². The topological polar surface area (TPSA) is 43.1 Å². The van der Waals surface area contributed by atoms with Gasteiger partial charge in [-0.25, -0.2) is 0 Å². The molecule has 0 saturated heterocycles. The SMILES string of the molecule is O=[N+]([O-])C1CC=CCC1S. The molecular formula is C6H9NO2S. The summed E-state index contributed by atoms with van der Waals surface area (Å²) < 4.78 is 0. The Bertz CT molecular complexity index is 169. The van der Waals surface area contributed by atoms with Crippen LogP contribution in [0.25, 0.3) is 0 Å². The van der Waals surface area contributed by atoms with E-state index in [9.17, 15) is 10.1 Å². The highest BCUT2D eigenvalue weighted by atomic mass is 32.1. The van der Waals surface area contributed by atoms with E-state index in [0.717, 1.165) is 6.42 Å². The molecule has 1 aliphatic carbocycles. The number of rotatable bonds is 1. The van der Waals surface area contributed by atoms with Crippen molar-refractivity contribution in [1.82, 2.24) is 0 Å². The molecular weight excluding hydrogens is 150 g/mol. The van der Waals surface area contributed by atoms with Crippen LogP contribution in [-0.4, -0.2) is 16.2 Å². The van der Waals surface area contributed by atoms with E-state index in [1.165, 1.54) is 0 Å². The molecule has 0 aromatic carbocycles. The van der Waals surface area contributed by atoms with Crippen molar-refractivity contribution in [2.75, 3.05) is 0 Å². The van der Waals surface area contributed by atoms with Gasteiger partial charge in [0.1, 0.15) is 0 Å². The van der Waals surface area contributed by atoms with E-state index >= 15 is 0 Å². The number of hydrogen-bond donors (Lipinski definition) is 1. The van der Waals surface area contributed by atoms with Crippen molar-refractivity contribution in [2.45, 2.75) is 24.1 Å². The molecule has 0 fully saturated rings. The van der Waals surface area contributed by atoms with Gasteiger partial charge in [-0.1, -0.05) is 12.2 Å². The van der Waals surface area contributed by atoms with Gasteiger partial charge < -0.3 is 0 Å². The lowest BCUT2D eigenvalue weighted by Crippen LogP contribution is -2.30. The Hall–Kier alpha value is -0.510. The van der Waals surface area contributed by atoms with Crippen LogP contribution in [0.1, 0.15) is 12.8 Å². The molecule has 1 rings (SSSR count). The first-order chi connectivity index (χ1) is 4.72. The third-order valence-electron chi connectivity index (χ3n) is 1.64. The molecule has 4 heteroatoms. The second-order valence-electron chi connectivity index (χ2n) is 2.36. The second kappa shape index (κ2) is 3.05. The van der Waals surface area contributed by atoms with E-state index in [1.54, 1.807) is 0 Å². The van der Waals surface area contributed by atoms with Crippen LogP contribution in [0.2, 0.25) is 0 Å². The molecule has 0 spiro atoms. The molecule has 2 atom stereocenters. The first kappa shape index (κ1) is 7.60. The van der Waals surface area contributed by atoms with Gasteiger partial charge in [0, 0.05) is 11.3 Å². The van der Waals surface area contributed by atoms with Crippen molar-refractivity contribution in [3.63, 3.8) is 0 Å². The van der Waals surface area contributed by atoms with Gasteiger partial charge >= 0.3 is 0 Å². The Morgan fingerprint density at radius 1 is 1.50 bits per heavy atom. The quantitative estimate of drug-likeness (QED) is 0.271. The lowest BCUT2D eigenvalue weighted by molar-refractivity contribution is -0.521. The van der Waals surface area contributed by atoms with Crippen LogP contribution >= 0.6 is 12.6 Å². The molecule has 1 aliphatic rings. The minimum absolute atomic E-state index is 0.0972. The predicted octanol–water partition coefficient (Wildman–Crippen LogP) is 1.28. The molecule has 0 aliphatic heterocycles. The predicted molar refractivity (Wildman–Crippen MR) is 41.9 cm³/mol. The lowest BCUT2D eigenvalue weighted by atomic mass is 10.0. The summed E-state index contributed by atoms with van der Waals surface area (Å²) in [4.78, 5) is 10.0. The number of thiol groups is 1. The number of nitro groups is 1. The average Bonchev–Trinajstić information content (AvgIpc) is 1.88. The minimum Gasteiger partial charge on any atom is -0.264 e. The Morgan fingerprint density at radius 2 is 2.10 bits per heavy atom. The maximum absolute atomic E-state index is 10.3. The van der Waals surface area contributed by atoms with Crippen molar-refractivity contribution in [3.05, 3.63) is 22.3 Å². The van der Waals surface area contributed by atoms with Crippen LogP contribution in [0.15, 0.2) is 12.2 Å². The van der Waals surface area contributed by atoms with E-state index in [1.807, 2.05) is 12.2 Å². The molecule has 0 amide bonds. The van der Waals surface area contributed by atoms with Crippen molar-refractivity contribution < 1.29 is 4.92 Å². The Balaban J connectivity index is 2.59.